The molecule has 1 saturated heterocycles. The van der Waals surface area contributed by atoms with Crippen LogP contribution in [0.15, 0.2) is 0 Å². The van der Waals surface area contributed by atoms with Crippen LogP contribution in [0.3, 0.4) is 0 Å². The van der Waals surface area contributed by atoms with E-state index in [1.54, 1.807) is 0 Å². The zero-order valence-electron chi connectivity index (χ0n) is 10.4. The van der Waals surface area contributed by atoms with Gasteiger partial charge in [-0.15, -0.1) is 0 Å². The highest BCUT2D eigenvalue weighted by molar-refractivity contribution is 4.78. The summed E-state index contributed by atoms with van der Waals surface area (Å²) in [5.74, 6) is 0.847. The van der Waals surface area contributed by atoms with Gasteiger partial charge in [-0.1, -0.05) is 26.7 Å². The molecule has 1 nitrogen and oxygen atoms in total. The first-order valence-electron chi connectivity index (χ1n) is 6.37. The normalized spacial score (nSPS) is 25.7. The van der Waals surface area contributed by atoms with Gasteiger partial charge in [-0.3, -0.25) is 4.90 Å². The Bertz CT molecular complexity index is 151. The summed E-state index contributed by atoms with van der Waals surface area (Å²) in [4.78, 5) is 2.73. The number of likely N-dealkylation sites (tertiary alicyclic amines) is 1. The molecular weight excluding hydrogens is 170 g/mol. The molecule has 1 aliphatic heterocycles. The zero-order chi connectivity index (χ0) is 10.6. The van der Waals surface area contributed by atoms with Crippen molar-refractivity contribution < 1.29 is 0 Å². The summed E-state index contributed by atoms with van der Waals surface area (Å²) in [5.41, 5.74) is 0. The van der Waals surface area contributed by atoms with Crippen LogP contribution < -0.4 is 0 Å². The Balaban J connectivity index is 2.54. The van der Waals surface area contributed by atoms with Crippen LogP contribution in [-0.4, -0.2) is 23.5 Å². The summed E-state index contributed by atoms with van der Waals surface area (Å²) in [6.45, 7) is 10.7. The second-order valence-corrected chi connectivity index (χ2v) is 5.46. The molecule has 0 saturated carbocycles. The molecule has 0 aromatic heterocycles. The van der Waals surface area contributed by atoms with Crippen LogP contribution in [0.2, 0.25) is 0 Å². The molecule has 0 aromatic carbocycles. The average molecular weight is 197 g/mol. The summed E-state index contributed by atoms with van der Waals surface area (Å²) in [7, 11) is 0. The largest absolute Gasteiger partial charge is 0.298 e. The maximum absolute atomic E-state index is 2.73. The molecule has 1 heterocycles. The Morgan fingerprint density at radius 3 is 2.36 bits per heavy atom. The molecule has 1 rings (SSSR count). The molecule has 1 fully saturated rings. The summed E-state index contributed by atoms with van der Waals surface area (Å²) in [6.07, 6.45) is 7.11. The second kappa shape index (κ2) is 5.75. The Hall–Kier alpha value is -0.0400. The zero-order valence-corrected chi connectivity index (χ0v) is 10.4. The van der Waals surface area contributed by atoms with Crippen LogP contribution in [0.1, 0.15) is 59.8 Å². The topological polar surface area (TPSA) is 3.24 Å². The van der Waals surface area contributed by atoms with E-state index in [0.29, 0.717) is 0 Å². The van der Waals surface area contributed by atoms with Gasteiger partial charge in [-0.2, -0.15) is 0 Å². The van der Waals surface area contributed by atoms with Crippen LogP contribution >= 0.6 is 0 Å². The maximum Gasteiger partial charge on any atom is 0.0100 e. The molecule has 0 N–H and O–H groups in total. The molecule has 0 bridgehead atoms. The molecule has 0 aliphatic carbocycles. The minimum Gasteiger partial charge on any atom is -0.298 e. The van der Waals surface area contributed by atoms with Gasteiger partial charge in [0.2, 0.25) is 0 Å². The minimum atomic E-state index is 0.733. The quantitative estimate of drug-likeness (QED) is 0.667. The van der Waals surface area contributed by atoms with Crippen molar-refractivity contribution in [2.24, 2.45) is 5.92 Å². The van der Waals surface area contributed by atoms with E-state index >= 15 is 0 Å². The predicted molar refractivity (Wildman–Crippen MR) is 63.6 cm³/mol. The second-order valence-electron chi connectivity index (χ2n) is 5.46. The number of hydrogen-bond donors (Lipinski definition) is 0. The van der Waals surface area contributed by atoms with Crippen molar-refractivity contribution in [2.45, 2.75) is 71.9 Å². The van der Waals surface area contributed by atoms with E-state index in [2.05, 4.69) is 32.6 Å². The molecule has 1 atom stereocenters. The fourth-order valence-electron chi connectivity index (χ4n) is 2.68. The predicted octanol–water partition coefficient (Wildman–Crippen LogP) is 3.69. The Morgan fingerprint density at radius 2 is 1.79 bits per heavy atom. The standard InChI is InChI=1S/C13H27N/c1-11(2)10-13-8-6-5-7-9-14(13)12(3)4/h11-13H,5-10H2,1-4H3. The first-order valence-corrected chi connectivity index (χ1v) is 6.37. The number of hydrogen-bond acceptors (Lipinski definition) is 1. The first kappa shape index (κ1) is 12.0. The van der Waals surface area contributed by atoms with Gasteiger partial charge >= 0.3 is 0 Å². The summed E-state index contributed by atoms with van der Waals surface area (Å²) < 4.78 is 0. The molecule has 1 unspecified atom stereocenters. The van der Waals surface area contributed by atoms with Crippen molar-refractivity contribution in [3.8, 4) is 0 Å². The van der Waals surface area contributed by atoms with E-state index in [1.807, 2.05) is 0 Å². The van der Waals surface area contributed by atoms with Crippen molar-refractivity contribution in [1.82, 2.24) is 4.90 Å². The SMILES string of the molecule is CC(C)CC1CCCCCN1C(C)C. The summed E-state index contributed by atoms with van der Waals surface area (Å²) in [5, 5.41) is 0. The Morgan fingerprint density at radius 1 is 1.07 bits per heavy atom. The van der Waals surface area contributed by atoms with Gasteiger partial charge in [0, 0.05) is 12.1 Å². The van der Waals surface area contributed by atoms with E-state index in [1.165, 1.54) is 38.6 Å². The molecule has 1 heteroatoms. The van der Waals surface area contributed by atoms with Crippen molar-refractivity contribution in [3.63, 3.8) is 0 Å². The van der Waals surface area contributed by atoms with Crippen molar-refractivity contribution >= 4 is 0 Å². The molecule has 0 amide bonds. The molecule has 1 aliphatic rings. The number of rotatable bonds is 3. The molecular formula is C13H27N. The summed E-state index contributed by atoms with van der Waals surface area (Å²) in [6, 6.07) is 1.59. The van der Waals surface area contributed by atoms with Gasteiger partial charge in [-0.05, 0) is 45.6 Å². The van der Waals surface area contributed by atoms with Crippen molar-refractivity contribution in [1.29, 1.82) is 0 Å². The van der Waals surface area contributed by atoms with Crippen molar-refractivity contribution in [3.05, 3.63) is 0 Å². The molecule has 0 radical (unpaired) electrons. The van der Waals surface area contributed by atoms with Crippen LogP contribution in [0.5, 0.6) is 0 Å². The first-order chi connectivity index (χ1) is 6.61. The average Bonchev–Trinajstić information content (AvgIpc) is 2.28. The molecule has 0 aromatic rings. The van der Waals surface area contributed by atoms with Crippen LogP contribution in [0.4, 0.5) is 0 Å². The van der Waals surface area contributed by atoms with Gasteiger partial charge in [0.1, 0.15) is 0 Å². The monoisotopic (exact) mass is 197 g/mol. The van der Waals surface area contributed by atoms with Crippen LogP contribution in [-0.2, 0) is 0 Å². The smallest absolute Gasteiger partial charge is 0.0100 e. The number of nitrogens with zero attached hydrogens (tertiary/aromatic N) is 1. The van der Waals surface area contributed by atoms with Gasteiger partial charge in [-0.25, -0.2) is 0 Å². The third-order valence-corrected chi connectivity index (χ3v) is 3.33. The molecule has 14 heavy (non-hydrogen) atoms. The van der Waals surface area contributed by atoms with Gasteiger partial charge in [0.05, 0.1) is 0 Å². The minimum absolute atomic E-state index is 0.733. The van der Waals surface area contributed by atoms with Crippen LogP contribution in [0.25, 0.3) is 0 Å². The van der Waals surface area contributed by atoms with E-state index in [4.69, 9.17) is 0 Å². The highest BCUT2D eigenvalue weighted by Gasteiger charge is 2.23. The lowest BCUT2D eigenvalue weighted by Gasteiger charge is -2.34. The lowest BCUT2D eigenvalue weighted by atomic mass is 9.98. The summed E-state index contributed by atoms with van der Waals surface area (Å²) >= 11 is 0. The van der Waals surface area contributed by atoms with E-state index < -0.39 is 0 Å². The highest BCUT2D eigenvalue weighted by atomic mass is 15.2. The Labute approximate surface area is 89.9 Å². The Kier molecular flexibility index (Phi) is 4.94. The highest BCUT2D eigenvalue weighted by Crippen LogP contribution is 2.23. The third-order valence-electron chi connectivity index (χ3n) is 3.33. The lowest BCUT2D eigenvalue weighted by Crippen LogP contribution is -2.40. The van der Waals surface area contributed by atoms with Gasteiger partial charge in [0.25, 0.3) is 0 Å². The fraction of sp³-hybridized carbons (Fsp3) is 1.00. The van der Waals surface area contributed by atoms with E-state index in [0.717, 1.165) is 18.0 Å². The molecule has 0 spiro atoms. The van der Waals surface area contributed by atoms with Gasteiger partial charge in [0.15, 0.2) is 0 Å². The van der Waals surface area contributed by atoms with E-state index in [-0.39, 0.29) is 0 Å². The van der Waals surface area contributed by atoms with E-state index in [9.17, 15) is 0 Å². The fourth-order valence-corrected chi connectivity index (χ4v) is 2.68. The maximum atomic E-state index is 2.73. The lowest BCUT2D eigenvalue weighted by molar-refractivity contribution is 0.138. The third kappa shape index (κ3) is 3.61. The van der Waals surface area contributed by atoms with Crippen molar-refractivity contribution in [2.75, 3.05) is 6.54 Å². The molecule has 84 valence electrons. The van der Waals surface area contributed by atoms with Crippen LogP contribution in [0, 0.1) is 5.92 Å². The van der Waals surface area contributed by atoms with Gasteiger partial charge < -0.3 is 0 Å².